The van der Waals surface area contributed by atoms with Crippen LogP contribution in [0, 0.1) is 16.0 Å². The molecule has 6 heteroatoms. The van der Waals surface area contributed by atoms with Crippen LogP contribution >= 0.6 is 0 Å². The lowest BCUT2D eigenvalue weighted by Gasteiger charge is -2.36. The van der Waals surface area contributed by atoms with Crippen LogP contribution < -0.4 is 0 Å². The topological polar surface area (TPSA) is 64.8 Å². The van der Waals surface area contributed by atoms with Crippen molar-refractivity contribution in [2.75, 3.05) is 26.3 Å². The first kappa shape index (κ1) is 13.8. The number of likely N-dealkylation sites (tertiary alicyclic amines) is 1. The van der Waals surface area contributed by atoms with E-state index in [9.17, 15) is 10.1 Å². The summed E-state index contributed by atoms with van der Waals surface area (Å²) in [6.45, 7) is 3.25. The zero-order valence-electron chi connectivity index (χ0n) is 11.7. The van der Waals surface area contributed by atoms with Crippen LogP contribution in [0.15, 0.2) is 11.8 Å². The second kappa shape index (κ2) is 6.10. The lowest BCUT2D eigenvalue weighted by Crippen LogP contribution is -2.42. The van der Waals surface area contributed by atoms with Crippen LogP contribution in [0.5, 0.6) is 0 Å². The van der Waals surface area contributed by atoms with Crippen molar-refractivity contribution >= 4 is 0 Å². The number of nitro groups is 1. The molecular weight excluding hydrogens is 260 g/mol. The van der Waals surface area contributed by atoms with Gasteiger partial charge in [-0.05, 0) is 19.3 Å². The second-order valence-corrected chi connectivity index (χ2v) is 5.81. The van der Waals surface area contributed by atoms with E-state index in [-0.39, 0.29) is 10.8 Å². The van der Waals surface area contributed by atoms with Crippen LogP contribution in [0.25, 0.3) is 0 Å². The van der Waals surface area contributed by atoms with Crippen LogP contribution in [-0.4, -0.2) is 48.5 Å². The molecule has 2 aliphatic heterocycles. The molecule has 1 aliphatic carbocycles. The summed E-state index contributed by atoms with van der Waals surface area (Å²) >= 11 is 0. The number of piperidine rings is 1. The van der Waals surface area contributed by atoms with E-state index in [2.05, 4.69) is 11.0 Å². The Morgan fingerprint density at radius 2 is 1.90 bits per heavy atom. The Balaban J connectivity index is 1.73. The van der Waals surface area contributed by atoms with E-state index >= 15 is 0 Å². The summed E-state index contributed by atoms with van der Waals surface area (Å²) in [7, 11) is 0. The fraction of sp³-hybridized carbons (Fsp3) is 0.857. The normalized spacial score (nSPS) is 32.2. The third-order valence-electron chi connectivity index (χ3n) is 4.56. The van der Waals surface area contributed by atoms with Crippen molar-refractivity contribution in [3.8, 4) is 0 Å². The van der Waals surface area contributed by atoms with Gasteiger partial charge in [0.05, 0.1) is 19.1 Å². The smallest absolute Gasteiger partial charge is 0.224 e. The number of hydrogen-bond acceptors (Lipinski definition) is 5. The van der Waals surface area contributed by atoms with Gasteiger partial charge in [-0.15, -0.1) is 0 Å². The summed E-state index contributed by atoms with van der Waals surface area (Å²) in [6.07, 6.45) is 6.58. The molecule has 0 aromatic rings. The minimum atomic E-state index is -0.577. The van der Waals surface area contributed by atoms with Gasteiger partial charge < -0.3 is 14.4 Å². The standard InChI is InChI=1S/C14H22N2O4/c17-16(18)13-5-4-11(15-6-2-1-3-7-15)10-12(13)14-19-8-9-20-14/h4,12-14H,1-3,5-10H2/t12?,13-/m1/s1. The van der Waals surface area contributed by atoms with Crippen molar-refractivity contribution in [3.05, 3.63) is 21.9 Å². The molecule has 6 nitrogen and oxygen atoms in total. The predicted octanol–water partition coefficient (Wildman–Crippen LogP) is 1.78. The summed E-state index contributed by atoms with van der Waals surface area (Å²) in [6, 6.07) is -0.577. The highest BCUT2D eigenvalue weighted by Crippen LogP contribution is 2.34. The van der Waals surface area contributed by atoms with E-state index < -0.39 is 12.3 Å². The minimum absolute atomic E-state index is 0.158. The third kappa shape index (κ3) is 2.81. The molecule has 3 aliphatic rings. The quantitative estimate of drug-likeness (QED) is 0.583. The van der Waals surface area contributed by atoms with Crippen molar-refractivity contribution in [1.82, 2.24) is 4.90 Å². The minimum Gasteiger partial charge on any atom is -0.375 e. The Morgan fingerprint density at radius 1 is 1.20 bits per heavy atom. The zero-order chi connectivity index (χ0) is 13.9. The van der Waals surface area contributed by atoms with Crippen LogP contribution in [0.2, 0.25) is 0 Å². The molecule has 2 atom stereocenters. The van der Waals surface area contributed by atoms with Crippen molar-refractivity contribution in [1.29, 1.82) is 0 Å². The Kier molecular flexibility index (Phi) is 4.21. The van der Waals surface area contributed by atoms with Crippen LogP contribution in [-0.2, 0) is 9.47 Å². The van der Waals surface area contributed by atoms with Crippen LogP contribution in [0.4, 0.5) is 0 Å². The van der Waals surface area contributed by atoms with Crippen LogP contribution in [0.3, 0.4) is 0 Å². The molecule has 0 aromatic heterocycles. The summed E-state index contributed by atoms with van der Waals surface area (Å²) in [5.41, 5.74) is 1.26. The molecule has 0 bridgehead atoms. The third-order valence-corrected chi connectivity index (χ3v) is 4.56. The molecular formula is C14H22N2O4. The molecule has 2 heterocycles. The fourth-order valence-corrected chi connectivity index (χ4v) is 3.48. The van der Waals surface area contributed by atoms with E-state index in [1.807, 2.05) is 0 Å². The van der Waals surface area contributed by atoms with E-state index in [4.69, 9.17) is 9.47 Å². The van der Waals surface area contributed by atoms with Gasteiger partial charge >= 0.3 is 0 Å². The first-order valence-electron chi connectivity index (χ1n) is 7.56. The molecule has 112 valence electrons. The summed E-state index contributed by atoms with van der Waals surface area (Å²) in [5.74, 6) is -0.158. The Hall–Kier alpha value is -1.14. The molecule has 20 heavy (non-hydrogen) atoms. The van der Waals surface area contributed by atoms with Gasteiger partial charge in [-0.1, -0.05) is 6.08 Å². The van der Waals surface area contributed by atoms with Crippen molar-refractivity contribution in [2.24, 2.45) is 5.92 Å². The lowest BCUT2D eigenvalue weighted by atomic mass is 9.86. The number of rotatable bonds is 3. The summed E-state index contributed by atoms with van der Waals surface area (Å²) in [4.78, 5) is 13.5. The molecule has 2 fully saturated rings. The molecule has 0 N–H and O–H groups in total. The number of nitrogens with zero attached hydrogens (tertiary/aromatic N) is 2. The van der Waals surface area contributed by atoms with Gasteiger partial charge in [0.25, 0.3) is 0 Å². The predicted molar refractivity (Wildman–Crippen MR) is 72.7 cm³/mol. The van der Waals surface area contributed by atoms with Gasteiger partial charge in [-0.2, -0.15) is 0 Å². The fourth-order valence-electron chi connectivity index (χ4n) is 3.48. The maximum atomic E-state index is 11.3. The number of hydrogen-bond donors (Lipinski definition) is 0. The van der Waals surface area contributed by atoms with E-state index in [0.29, 0.717) is 26.1 Å². The van der Waals surface area contributed by atoms with Gasteiger partial charge in [0.1, 0.15) is 0 Å². The van der Waals surface area contributed by atoms with Gasteiger partial charge in [-0.25, -0.2) is 0 Å². The summed E-state index contributed by atoms with van der Waals surface area (Å²) < 4.78 is 11.1. The molecule has 0 spiro atoms. The summed E-state index contributed by atoms with van der Waals surface area (Å²) in [5, 5.41) is 11.3. The van der Waals surface area contributed by atoms with Gasteiger partial charge in [0, 0.05) is 36.6 Å². The van der Waals surface area contributed by atoms with Gasteiger partial charge in [0.2, 0.25) is 6.04 Å². The molecule has 0 amide bonds. The SMILES string of the molecule is O=[N+]([O-])[C@@H]1CC=C(N2CCCCC2)CC1C1OCCO1. The maximum Gasteiger partial charge on any atom is 0.224 e. The highest BCUT2D eigenvalue weighted by molar-refractivity contribution is 5.10. The zero-order valence-corrected chi connectivity index (χ0v) is 11.7. The van der Waals surface area contributed by atoms with Crippen molar-refractivity contribution in [3.63, 3.8) is 0 Å². The van der Waals surface area contributed by atoms with E-state index in [0.717, 1.165) is 13.1 Å². The highest BCUT2D eigenvalue weighted by Gasteiger charge is 2.43. The van der Waals surface area contributed by atoms with Gasteiger partial charge in [-0.3, -0.25) is 10.1 Å². The lowest BCUT2D eigenvalue weighted by molar-refractivity contribution is -0.537. The molecule has 1 unspecified atom stereocenters. The first-order valence-corrected chi connectivity index (χ1v) is 7.56. The Morgan fingerprint density at radius 3 is 2.55 bits per heavy atom. The van der Waals surface area contributed by atoms with Crippen molar-refractivity contribution in [2.45, 2.75) is 44.4 Å². The highest BCUT2D eigenvalue weighted by atomic mass is 16.7. The van der Waals surface area contributed by atoms with E-state index in [1.165, 1.54) is 25.0 Å². The Bertz CT molecular complexity index is 387. The monoisotopic (exact) mass is 282 g/mol. The maximum absolute atomic E-state index is 11.3. The Labute approximate surface area is 118 Å². The number of ether oxygens (including phenoxy) is 2. The van der Waals surface area contributed by atoms with Crippen molar-refractivity contribution < 1.29 is 14.4 Å². The molecule has 0 radical (unpaired) electrons. The van der Waals surface area contributed by atoms with E-state index in [1.54, 1.807) is 0 Å². The second-order valence-electron chi connectivity index (χ2n) is 5.81. The molecule has 0 saturated carbocycles. The first-order chi connectivity index (χ1) is 9.75. The number of allylic oxidation sites excluding steroid dienone is 1. The average Bonchev–Trinajstić information content (AvgIpc) is 3.01. The molecule has 0 aromatic carbocycles. The molecule has 2 saturated heterocycles. The average molecular weight is 282 g/mol. The van der Waals surface area contributed by atoms with Crippen LogP contribution in [0.1, 0.15) is 32.1 Å². The van der Waals surface area contributed by atoms with Gasteiger partial charge in [0.15, 0.2) is 6.29 Å². The largest absolute Gasteiger partial charge is 0.375 e. The molecule has 3 rings (SSSR count).